The summed E-state index contributed by atoms with van der Waals surface area (Å²) in [4.78, 5) is 31.0. The van der Waals surface area contributed by atoms with Crippen LogP contribution in [0.25, 0.3) is 5.65 Å². The third-order valence-corrected chi connectivity index (χ3v) is 5.62. The van der Waals surface area contributed by atoms with Gasteiger partial charge in [0.1, 0.15) is 11.6 Å². The Labute approximate surface area is 170 Å². The number of rotatable bonds is 5. The van der Waals surface area contributed by atoms with Crippen LogP contribution < -0.4 is 10.9 Å². The van der Waals surface area contributed by atoms with E-state index in [1.54, 1.807) is 18.3 Å². The van der Waals surface area contributed by atoms with Gasteiger partial charge in [-0.15, -0.1) is 11.3 Å². The molecule has 144 valence electrons. The third kappa shape index (κ3) is 3.56. The molecule has 8 heteroatoms. The molecule has 29 heavy (non-hydrogen) atoms. The minimum Gasteiger partial charge on any atom is -0.344 e. The van der Waals surface area contributed by atoms with E-state index in [-0.39, 0.29) is 35.1 Å². The number of benzene rings is 1. The first-order valence-electron chi connectivity index (χ1n) is 8.96. The minimum absolute atomic E-state index is 0.101. The molecule has 3 heterocycles. The topological polar surface area (TPSA) is 103 Å². The van der Waals surface area contributed by atoms with Crippen molar-refractivity contribution in [2.75, 3.05) is 0 Å². The van der Waals surface area contributed by atoms with Crippen molar-refractivity contribution in [3.05, 3.63) is 91.7 Å². The fraction of sp³-hybridized carbons (Fsp3) is 0.143. The Hall–Kier alpha value is -3.70. The number of hydrogen-bond donors (Lipinski definition) is 2. The number of hydrogen-bond acceptors (Lipinski definition) is 5. The van der Waals surface area contributed by atoms with Crippen molar-refractivity contribution in [3.63, 3.8) is 0 Å². The van der Waals surface area contributed by atoms with Gasteiger partial charge in [0.15, 0.2) is 5.65 Å². The zero-order valence-corrected chi connectivity index (χ0v) is 16.4. The summed E-state index contributed by atoms with van der Waals surface area (Å²) >= 11 is 1.56. The van der Waals surface area contributed by atoms with E-state index < -0.39 is 0 Å². The summed E-state index contributed by atoms with van der Waals surface area (Å²) in [5.41, 5.74) is 1.87. The molecule has 2 N–H and O–H groups in total. The van der Waals surface area contributed by atoms with Crippen LogP contribution in [0.5, 0.6) is 0 Å². The first-order chi connectivity index (χ1) is 14.1. The van der Waals surface area contributed by atoms with E-state index in [0.29, 0.717) is 11.3 Å². The van der Waals surface area contributed by atoms with Crippen molar-refractivity contribution in [3.8, 4) is 6.07 Å². The smallest absolute Gasteiger partial charge is 0.276 e. The molecule has 1 atom stereocenters. The summed E-state index contributed by atoms with van der Waals surface area (Å²) in [6, 6.07) is 15.3. The molecule has 4 rings (SSSR count). The number of fused-ring (bicyclic) bond motifs is 1. The van der Waals surface area contributed by atoms with Crippen LogP contribution in [0, 0.1) is 18.3 Å². The number of aromatic nitrogens is 3. The summed E-state index contributed by atoms with van der Waals surface area (Å²) < 4.78 is 1.20. The molecule has 0 saturated carbocycles. The molecular formula is C21H17N5O2S. The molecule has 0 radical (unpaired) electrons. The molecule has 0 aliphatic heterocycles. The normalized spacial score (nSPS) is 11.9. The number of aromatic amines is 1. The highest BCUT2D eigenvalue weighted by molar-refractivity contribution is 7.10. The van der Waals surface area contributed by atoms with Crippen molar-refractivity contribution in [2.24, 2.45) is 0 Å². The summed E-state index contributed by atoms with van der Waals surface area (Å²) in [5.74, 6) is -0.277. The largest absolute Gasteiger partial charge is 0.344 e. The van der Waals surface area contributed by atoms with Crippen molar-refractivity contribution < 1.29 is 4.79 Å². The Kier molecular flexibility index (Phi) is 4.97. The number of nitriles is 1. The Morgan fingerprint density at radius 1 is 1.31 bits per heavy atom. The van der Waals surface area contributed by atoms with Crippen LogP contribution in [-0.4, -0.2) is 20.5 Å². The van der Waals surface area contributed by atoms with Crippen molar-refractivity contribution in [2.45, 2.75) is 19.4 Å². The lowest BCUT2D eigenvalue weighted by atomic mass is 10.0. The highest BCUT2D eigenvalue weighted by Gasteiger charge is 2.21. The average molecular weight is 403 g/mol. The van der Waals surface area contributed by atoms with Gasteiger partial charge in [-0.1, -0.05) is 36.4 Å². The van der Waals surface area contributed by atoms with Gasteiger partial charge in [-0.3, -0.25) is 14.7 Å². The number of nitrogens with one attached hydrogen (secondary N) is 2. The van der Waals surface area contributed by atoms with Crippen LogP contribution in [0.2, 0.25) is 0 Å². The van der Waals surface area contributed by atoms with Crippen LogP contribution >= 0.6 is 11.3 Å². The van der Waals surface area contributed by atoms with Crippen molar-refractivity contribution in [1.29, 1.82) is 5.26 Å². The molecule has 1 aromatic carbocycles. The van der Waals surface area contributed by atoms with Gasteiger partial charge < -0.3 is 5.32 Å². The van der Waals surface area contributed by atoms with E-state index >= 15 is 0 Å². The number of carbonyl (C=O) groups is 1. The van der Waals surface area contributed by atoms with Crippen molar-refractivity contribution in [1.82, 2.24) is 19.9 Å². The number of aryl methyl sites for hydroxylation is 1. The first-order valence-corrected chi connectivity index (χ1v) is 9.84. The van der Waals surface area contributed by atoms with Crippen LogP contribution in [0.1, 0.15) is 33.3 Å². The standard InChI is InChI=1S/C21H17N5O2S/c1-13-16(21(28)26-20(24-13)15(11-22)12-23-26)10-18(27)25-19(17-8-5-9-29-17)14-6-3-2-4-7-14/h2-9,12,19,23H,10H2,1H3,(H,25,27)/t19-/m0/s1. The lowest BCUT2D eigenvalue weighted by Crippen LogP contribution is -2.33. The summed E-state index contributed by atoms with van der Waals surface area (Å²) in [5, 5.41) is 16.9. The van der Waals surface area contributed by atoms with Gasteiger partial charge in [0.05, 0.1) is 12.5 Å². The fourth-order valence-electron chi connectivity index (χ4n) is 3.23. The predicted octanol–water partition coefficient (Wildman–Crippen LogP) is 2.71. The Morgan fingerprint density at radius 2 is 2.10 bits per heavy atom. The summed E-state index contributed by atoms with van der Waals surface area (Å²) in [6.45, 7) is 1.67. The highest BCUT2D eigenvalue weighted by Crippen LogP contribution is 2.26. The monoisotopic (exact) mass is 403 g/mol. The van der Waals surface area contributed by atoms with Gasteiger partial charge in [-0.2, -0.15) is 5.26 Å². The van der Waals surface area contributed by atoms with Crippen LogP contribution in [0.4, 0.5) is 0 Å². The highest BCUT2D eigenvalue weighted by atomic mass is 32.1. The average Bonchev–Trinajstić information content (AvgIpc) is 3.40. The molecular weight excluding hydrogens is 386 g/mol. The maximum atomic E-state index is 12.8. The predicted molar refractivity (Wildman–Crippen MR) is 110 cm³/mol. The molecule has 0 saturated heterocycles. The van der Waals surface area contributed by atoms with E-state index in [2.05, 4.69) is 15.4 Å². The maximum Gasteiger partial charge on any atom is 0.276 e. The Morgan fingerprint density at radius 3 is 2.79 bits per heavy atom. The van der Waals surface area contributed by atoms with E-state index in [0.717, 1.165) is 10.4 Å². The molecule has 3 aromatic heterocycles. The van der Waals surface area contributed by atoms with Gasteiger partial charge in [0.2, 0.25) is 5.91 Å². The second kappa shape index (κ2) is 7.73. The fourth-order valence-corrected chi connectivity index (χ4v) is 4.04. The SMILES string of the molecule is Cc1nc2c(C#N)c[nH]n2c(=O)c1CC(=O)N[C@@H](c1ccccc1)c1cccs1. The van der Waals surface area contributed by atoms with E-state index in [1.807, 2.05) is 53.9 Å². The van der Waals surface area contributed by atoms with E-state index in [1.165, 1.54) is 10.7 Å². The van der Waals surface area contributed by atoms with E-state index in [9.17, 15) is 9.59 Å². The lowest BCUT2D eigenvalue weighted by molar-refractivity contribution is -0.120. The molecule has 0 spiro atoms. The Balaban J connectivity index is 1.64. The second-order valence-corrected chi connectivity index (χ2v) is 7.52. The zero-order chi connectivity index (χ0) is 20.4. The molecule has 0 fully saturated rings. The quantitative estimate of drug-likeness (QED) is 0.535. The molecule has 0 aliphatic rings. The second-order valence-electron chi connectivity index (χ2n) is 6.54. The first kappa shape index (κ1) is 18.7. The number of amides is 1. The van der Waals surface area contributed by atoms with Gasteiger partial charge in [-0.05, 0) is 23.9 Å². The van der Waals surface area contributed by atoms with Crippen LogP contribution in [0.15, 0.2) is 58.8 Å². The molecule has 1 amide bonds. The van der Waals surface area contributed by atoms with Gasteiger partial charge in [0.25, 0.3) is 5.56 Å². The number of carbonyl (C=O) groups excluding carboxylic acids is 1. The van der Waals surface area contributed by atoms with Crippen LogP contribution in [-0.2, 0) is 11.2 Å². The third-order valence-electron chi connectivity index (χ3n) is 4.69. The molecule has 0 bridgehead atoms. The maximum absolute atomic E-state index is 12.8. The summed E-state index contributed by atoms with van der Waals surface area (Å²) in [6.07, 6.45) is 1.32. The zero-order valence-electron chi connectivity index (χ0n) is 15.5. The van der Waals surface area contributed by atoms with Gasteiger partial charge in [0, 0.05) is 22.3 Å². The number of H-pyrrole nitrogens is 1. The lowest BCUT2D eigenvalue weighted by Gasteiger charge is -2.18. The molecule has 7 nitrogen and oxygen atoms in total. The van der Waals surface area contributed by atoms with Gasteiger partial charge in [-0.25, -0.2) is 9.50 Å². The molecule has 4 aromatic rings. The Bertz CT molecular complexity index is 1270. The minimum atomic E-state index is -0.378. The number of thiophene rings is 1. The van der Waals surface area contributed by atoms with E-state index in [4.69, 9.17) is 5.26 Å². The molecule has 0 unspecified atom stereocenters. The summed E-state index contributed by atoms with van der Waals surface area (Å²) in [7, 11) is 0. The number of nitrogens with zero attached hydrogens (tertiary/aromatic N) is 3. The van der Waals surface area contributed by atoms with Gasteiger partial charge >= 0.3 is 0 Å². The molecule has 0 aliphatic carbocycles. The van der Waals surface area contributed by atoms with Crippen molar-refractivity contribution >= 4 is 22.9 Å². The van der Waals surface area contributed by atoms with Crippen LogP contribution in [0.3, 0.4) is 0 Å².